The average Bonchev–Trinajstić information content (AvgIpc) is 2.68. The van der Waals surface area contributed by atoms with Crippen LogP contribution in [0.2, 0.25) is 0 Å². The van der Waals surface area contributed by atoms with Crippen LogP contribution in [0.15, 0.2) is 30.5 Å². The Hall–Kier alpha value is -1.43. The molecule has 0 saturated heterocycles. The van der Waals surface area contributed by atoms with Crippen LogP contribution in [0.4, 0.5) is 4.39 Å². The minimum atomic E-state index is -0.312. The maximum absolute atomic E-state index is 13.6. The Morgan fingerprint density at radius 2 is 1.90 bits per heavy atom. The van der Waals surface area contributed by atoms with Crippen molar-refractivity contribution in [1.29, 1.82) is 0 Å². The van der Waals surface area contributed by atoms with Gasteiger partial charge in [-0.05, 0) is 19.7 Å². The molecule has 0 unspecified atom stereocenters. The summed E-state index contributed by atoms with van der Waals surface area (Å²) in [6.07, 6.45) is 1.22. The van der Waals surface area contributed by atoms with Crippen LogP contribution in [0.3, 0.4) is 0 Å². The molecule has 20 heavy (non-hydrogen) atoms. The Kier molecular flexibility index (Phi) is 5.68. The normalized spacial score (nSPS) is 12.3. The van der Waals surface area contributed by atoms with E-state index in [2.05, 4.69) is 5.10 Å². The monoisotopic (exact) mass is 298 g/mol. The predicted molar refractivity (Wildman–Crippen MR) is 81.3 cm³/mol. The number of aromatic nitrogens is 2. The average molecular weight is 299 g/mol. The molecule has 2 rings (SSSR count). The molecule has 4 nitrogen and oxygen atoms in total. The highest BCUT2D eigenvalue weighted by molar-refractivity contribution is 5.85. The summed E-state index contributed by atoms with van der Waals surface area (Å²) in [4.78, 5) is 2.04. The van der Waals surface area contributed by atoms with E-state index in [9.17, 15) is 4.39 Å². The van der Waals surface area contributed by atoms with Gasteiger partial charge >= 0.3 is 0 Å². The van der Waals surface area contributed by atoms with Gasteiger partial charge in [0.1, 0.15) is 5.69 Å². The van der Waals surface area contributed by atoms with E-state index in [0.717, 1.165) is 17.7 Å². The molecule has 0 bridgehead atoms. The van der Waals surface area contributed by atoms with E-state index in [1.165, 1.54) is 10.9 Å². The van der Waals surface area contributed by atoms with Crippen LogP contribution in [-0.2, 0) is 7.05 Å². The molecule has 0 radical (unpaired) electrons. The second kappa shape index (κ2) is 6.83. The molecule has 0 fully saturated rings. The number of rotatable bonds is 4. The fourth-order valence-electron chi connectivity index (χ4n) is 2.12. The van der Waals surface area contributed by atoms with Gasteiger partial charge in [-0.1, -0.05) is 24.3 Å². The zero-order chi connectivity index (χ0) is 14.0. The Labute approximate surface area is 124 Å². The quantitative estimate of drug-likeness (QED) is 0.941. The Bertz CT molecular complexity index is 531. The molecule has 0 spiro atoms. The van der Waals surface area contributed by atoms with E-state index in [1.54, 1.807) is 7.05 Å². The number of hydrogen-bond acceptors (Lipinski definition) is 3. The minimum absolute atomic E-state index is 0. The molecule has 0 aliphatic heterocycles. The molecule has 110 valence electrons. The highest BCUT2D eigenvalue weighted by atomic mass is 35.5. The predicted octanol–water partition coefficient (Wildman–Crippen LogP) is 2.21. The molecular weight excluding hydrogens is 279 g/mol. The first kappa shape index (κ1) is 16.6. The maximum atomic E-state index is 13.6. The summed E-state index contributed by atoms with van der Waals surface area (Å²) in [5, 5.41) is 3.90. The van der Waals surface area contributed by atoms with Gasteiger partial charge in [0.15, 0.2) is 5.82 Å². The zero-order valence-electron chi connectivity index (χ0n) is 11.9. The molecule has 1 aromatic heterocycles. The molecule has 0 aliphatic carbocycles. The van der Waals surface area contributed by atoms with Crippen LogP contribution in [0.5, 0.6) is 0 Å². The minimum Gasteiger partial charge on any atom is -0.323 e. The van der Waals surface area contributed by atoms with Crippen molar-refractivity contribution in [2.24, 2.45) is 12.8 Å². The molecular formula is C14H20ClFN4. The van der Waals surface area contributed by atoms with E-state index in [0.29, 0.717) is 5.69 Å². The Morgan fingerprint density at radius 3 is 2.35 bits per heavy atom. The lowest BCUT2D eigenvalue weighted by atomic mass is 10.0. The van der Waals surface area contributed by atoms with Crippen molar-refractivity contribution in [3.63, 3.8) is 0 Å². The highest BCUT2D eigenvalue weighted by Gasteiger charge is 2.12. The summed E-state index contributed by atoms with van der Waals surface area (Å²) in [5.41, 5.74) is 8.43. The van der Waals surface area contributed by atoms with Crippen LogP contribution in [0, 0.1) is 5.82 Å². The van der Waals surface area contributed by atoms with Gasteiger partial charge in [0, 0.05) is 25.2 Å². The lowest BCUT2D eigenvalue weighted by Crippen LogP contribution is -2.25. The summed E-state index contributed by atoms with van der Waals surface area (Å²) in [7, 11) is 5.70. The van der Waals surface area contributed by atoms with Crippen molar-refractivity contribution in [3.8, 4) is 11.3 Å². The first-order valence-corrected chi connectivity index (χ1v) is 6.17. The standard InChI is InChI=1S/C14H19FN4.ClH/c1-18(2)9-13(16)10-4-6-11(7-5-10)14-12(15)8-17-19(14)3;/h4-8,13H,9,16H2,1-3H3;1H/t13-;/m0./s1. The van der Waals surface area contributed by atoms with E-state index < -0.39 is 0 Å². The first-order valence-electron chi connectivity index (χ1n) is 6.17. The first-order chi connectivity index (χ1) is 8.99. The molecule has 2 N–H and O–H groups in total. The largest absolute Gasteiger partial charge is 0.323 e. The van der Waals surface area contributed by atoms with Gasteiger partial charge in [-0.15, -0.1) is 12.4 Å². The Morgan fingerprint density at radius 1 is 1.30 bits per heavy atom. The van der Waals surface area contributed by atoms with E-state index in [-0.39, 0.29) is 24.3 Å². The maximum Gasteiger partial charge on any atom is 0.169 e. The van der Waals surface area contributed by atoms with Crippen LogP contribution < -0.4 is 5.73 Å². The van der Waals surface area contributed by atoms with Crippen LogP contribution in [-0.4, -0.2) is 35.3 Å². The van der Waals surface area contributed by atoms with Gasteiger partial charge in [0.05, 0.1) is 6.20 Å². The van der Waals surface area contributed by atoms with Gasteiger partial charge in [0.25, 0.3) is 0 Å². The van der Waals surface area contributed by atoms with Gasteiger partial charge in [-0.25, -0.2) is 4.39 Å². The smallest absolute Gasteiger partial charge is 0.169 e. The lowest BCUT2D eigenvalue weighted by Gasteiger charge is -2.17. The van der Waals surface area contributed by atoms with E-state index in [1.807, 2.05) is 43.3 Å². The summed E-state index contributed by atoms with van der Waals surface area (Å²) in [6, 6.07) is 7.60. The van der Waals surface area contributed by atoms with Crippen LogP contribution in [0.1, 0.15) is 11.6 Å². The molecule has 2 aromatic rings. The second-order valence-corrected chi connectivity index (χ2v) is 4.96. The van der Waals surface area contributed by atoms with Crippen molar-refractivity contribution in [2.75, 3.05) is 20.6 Å². The lowest BCUT2D eigenvalue weighted by molar-refractivity contribution is 0.376. The SMILES string of the molecule is CN(C)C[C@H](N)c1ccc(-c2c(F)cnn2C)cc1.Cl. The molecule has 1 heterocycles. The van der Waals surface area contributed by atoms with Crippen molar-refractivity contribution in [2.45, 2.75) is 6.04 Å². The molecule has 1 aromatic carbocycles. The summed E-state index contributed by atoms with van der Waals surface area (Å²) in [6.45, 7) is 0.777. The fraction of sp³-hybridized carbons (Fsp3) is 0.357. The number of aryl methyl sites for hydroxylation is 1. The fourth-order valence-corrected chi connectivity index (χ4v) is 2.12. The Balaban J connectivity index is 0.00000200. The number of benzene rings is 1. The summed E-state index contributed by atoms with van der Waals surface area (Å²) in [5.74, 6) is -0.312. The third kappa shape index (κ3) is 3.56. The number of halogens is 2. The zero-order valence-corrected chi connectivity index (χ0v) is 12.7. The van der Waals surface area contributed by atoms with Crippen molar-refractivity contribution in [3.05, 3.63) is 41.8 Å². The van der Waals surface area contributed by atoms with Crippen LogP contribution >= 0.6 is 12.4 Å². The number of nitrogens with two attached hydrogens (primary N) is 1. The van der Waals surface area contributed by atoms with Crippen molar-refractivity contribution in [1.82, 2.24) is 14.7 Å². The van der Waals surface area contributed by atoms with Crippen molar-refractivity contribution < 1.29 is 4.39 Å². The van der Waals surface area contributed by atoms with Crippen LogP contribution in [0.25, 0.3) is 11.3 Å². The molecule has 0 aliphatic rings. The third-order valence-electron chi connectivity index (χ3n) is 3.07. The number of likely N-dealkylation sites (N-methyl/N-ethyl adjacent to an activating group) is 1. The summed E-state index contributed by atoms with van der Waals surface area (Å²) < 4.78 is 15.1. The molecule has 0 saturated carbocycles. The topological polar surface area (TPSA) is 47.1 Å². The number of nitrogens with zero attached hydrogens (tertiary/aromatic N) is 3. The van der Waals surface area contributed by atoms with Gasteiger partial charge in [-0.2, -0.15) is 5.10 Å². The van der Waals surface area contributed by atoms with Gasteiger partial charge in [0.2, 0.25) is 0 Å². The van der Waals surface area contributed by atoms with E-state index in [4.69, 9.17) is 5.73 Å². The third-order valence-corrected chi connectivity index (χ3v) is 3.07. The molecule has 6 heteroatoms. The van der Waals surface area contributed by atoms with Crippen molar-refractivity contribution >= 4 is 12.4 Å². The number of hydrogen-bond donors (Lipinski definition) is 1. The second-order valence-electron chi connectivity index (χ2n) is 4.96. The van der Waals surface area contributed by atoms with Gasteiger partial charge < -0.3 is 10.6 Å². The summed E-state index contributed by atoms with van der Waals surface area (Å²) >= 11 is 0. The highest BCUT2D eigenvalue weighted by Crippen LogP contribution is 2.23. The van der Waals surface area contributed by atoms with E-state index >= 15 is 0 Å². The molecule has 1 atom stereocenters. The molecule has 0 amide bonds. The van der Waals surface area contributed by atoms with Gasteiger partial charge in [-0.3, -0.25) is 4.68 Å².